The van der Waals surface area contributed by atoms with Crippen LogP contribution in [0.2, 0.25) is 0 Å². The number of nitrogens with one attached hydrogen (secondary N) is 1. The van der Waals surface area contributed by atoms with E-state index in [2.05, 4.69) is 15.0 Å². The van der Waals surface area contributed by atoms with Gasteiger partial charge in [-0.3, -0.25) is 4.98 Å². The standard InChI is InChI=1S/C12H14F2N2O2/c1-8(9-2-4-15-5-3-9)16-7-10-6-12(13,14)11(17)18-10/h2-5,8,10,16H,6-7H2,1H3/t8-,10?/m1/s1. The van der Waals surface area contributed by atoms with E-state index in [1.54, 1.807) is 12.4 Å². The molecule has 1 aliphatic heterocycles. The Kier molecular flexibility index (Phi) is 3.56. The van der Waals surface area contributed by atoms with Crippen molar-refractivity contribution in [3.05, 3.63) is 30.1 Å². The predicted molar refractivity (Wildman–Crippen MR) is 60.1 cm³/mol. The molecule has 6 heteroatoms. The van der Waals surface area contributed by atoms with Gasteiger partial charge >= 0.3 is 11.9 Å². The molecule has 2 heterocycles. The van der Waals surface area contributed by atoms with E-state index in [0.29, 0.717) is 0 Å². The molecule has 1 fully saturated rings. The Hall–Kier alpha value is -1.56. The fourth-order valence-corrected chi connectivity index (χ4v) is 1.84. The molecule has 1 unspecified atom stereocenters. The lowest BCUT2D eigenvalue weighted by Crippen LogP contribution is -2.29. The minimum absolute atomic E-state index is 0.0130. The number of nitrogens with zero attached hydrogens (tertiary/aromatic N) is 1. The zero-order valence-corrected chi connectivity index (χ0v) is 9.90. The molecule has 0 aliphatic carbocycles. The summed E-state index contributed by atoms with van der Waals surface area (Å²) in [4.78, 5) is 14.7. The summed E-state index contributed by atoms with van der Waals surface area (Å²) in [5, 5.41) is 3.06. The third-order valence-corrected chi connectivity index (χ3v) is 2.91. The number of hydrogen-bond donors (Lipinski definition) is 1. The van der Waals surface area contributed by atoms with Crippen molar-refractivity contribution in [3.63, 3.8) is 0 Å². The van der Waals surface area contributed by atoms with Crippen LogP contribution in [0.5, 0.6) is 0 Å². The van der Waals surface area contributed by atoms with Crippen molar-refractivity contribution < 1.29 is 18.3 Å². The second kappa shape index (κ2) is 4.97. The van der Waals surface area contributed by atoms with Gasteiger partial charge in [0.1, 0.15) is 6.10 Å². The molecule has 1 saturated heterocycles. The third kappa shape index (κ3) is 2.81. The first-order chi connectivity index (χ1) is 8.49. The van der Waals surface area contributed by atoms with Gasteiger partial charge in [0.15, 0.2) is 0 Å². The maximum absolute atomic E-state index is 12.9. The van der Waals surface area contributed by atoms with Gasteiger partial charge in [-0.15, -0.1) is 0 Å². The van der Waals surface area contributed by atoms with Crippen molar-refractivity contribution in [1.29, 1.82) is 0 Å². The normalized spacial score (nSPS) is 23.7. The van der Waals surface area contributed by atoms with E-state index in [0.717, 1.165) is 5.56 Å². The molecular formula is C12H14F2N2O2. The van der Waals surface area contributed by atoms with E-state index < -0.39 is 24.4 Å². The number of carbonyl (C=O) groups excluding carboxylic acids is 1. The molecule has 0 bridgehead atoms. The third-order valence-electron chi connectivity index (χ3n) is 2.91. The number of esters is 1. The highest BCUT2D eigenvalue weighted by atomic mass is 19.3. The Morgan fingerprint density at radius 2 is 2.22 bits per heavy atom. The molecule has 0 amide bonds. The number of ether oxygens (including phenoxy) is 1. The van der Waals surface area contributed by atoms with Gasteiger partial charge in [0, 0.05) is 25.0 Å². The lowest BCUT2D eigenvalue weighted by molar-refractivity contribution is -0.159. The SMILES string of the molecule is C[C@@H](NCC1CC(F)(F)C(=O)O1)c1ccncc1. The largest absolute Gasteiger partial charge is 0.456 e. The molecule has 1 aromatic heterocycles. The Balaban J connectivity index is 1.85. The summed E-state index contributed by atoms with van der Waals surface area (Å²) in [7, 11) is 0. The lowest BCUT2D eigenvalue weighted by Gasteiger charge is -2.16. The van der Waals surface area contributed by atoms with Crippen LogP contribution in [0.15, 0.2) is 24.5 Å². The minimum atomic E-state index is -3.34. The average Bonchev–Trinajstić information content (AvgIpc) is 2.61. The summed E-state index contributed by atoms with van der Waals surface area (Å²) < 4.78 is 30.4. The first kappa shape index (κ1) is 12.9. The van der Waals surface area contributed by atoms with Crippen LogP contribution >= 0.6 is 0 Å². The van der Waals surface area contributed by atoms with E-state index in [-0.39, 0.29) is 12.6 Å². The van der Waals surface area contributed by atoms with Crippen LogP contribution in [0.1, 0.15) is 24.9 Å². The minimum Gasteiger partial charge on any atom is -0.456 e. The highest BCUT2D eigenvalue weighted by Crippen LogP contribution is 2.30. The Bertz CT molecular complexity index is 425. The molecule has 98 valence electrons. The Labute approximate surface area is 103 Å². The highest BCUT2D eigenvalue weighted by molar-refractivity contribution is 5.79. The molecule has 18 heavy (non-hydrogen) atoms. The molecule has 2 atom stereocenters. The molecule has 1 aromatic rings. The summed E-state index contributed by atoms with van der Waals surface area (Å²) in [6.45, 7) is 2.12. The second-order valence-electron chi connectivity index (χ2n) is 4.35. The van der Waals surface area contributed by atoms with Crippen LogP contribution in [-0.2, 0) is 9.53 Å². The van der Waals surface area contributed by atoms with Gasteiger partial charge < -0.3 is 10.1 Å². The monoisotopic (exact) mass is 256 g/mol. The number of carbonyl (C=O) groups is 1. The molecular weight excluding hydrogens is 242 g/mol. The van der Waals surface area contributed by atoms with Crippen LogP contribution < -0.4 is 5.32 Å². The van der Waals surface area contributed by atoms with E-state index >= 15 is 0 Å². The molecule has 0 radical (unpaired) electrons. The molecule has 1 aliphatic rings. The molecule has 0 spiro atoms. The average molecular weight is 256 g/mol. The summed E-state index contributed by atoms with van der Waals surface area (Å²) in [6, 6.07) is 3.67. The van der Waals surface area contributed by atoms with Crippen molar-refractivity contribution in [2.24, 2.45) is 0 Å². The van der Waals surface area contributed by atoms with Crippen molar-refractivity contribution in [2.75, 3.05) is 6.54 Å². The summed E-state index contributed by atoms with van der Waals surface area (Å²) in [6.07, 6.45) is 2.01. The first-order valence-electron chi connectivity index (χ1n) is 5.71. The predicted octanol–water partition coefficient (Wildman–Crippen LogP) is 1.68. The number of halogens is 2. The first-order valence-corrected chi connectivity index (χ1v) is 5.71. The zero-order valence-electron chi connectivity index (χ0n) is 9.90. The number of pyridine rings is 1. The second-order valence-corrected chi connectivity index (χ2v) is 4.35. The number of rotatable bonds is 4. The molecule has 4 nitrogen and oxygen atoms in total. The van der Waals surface area contributed by atoms with Gasteiger partial charge in [0.2, 0.25) is 0 Å². The summed E-state index contributed by atoms with van der Waals surface area (Å²) >= 11 is 0. The van der Waals surface area contributed by atoms with Gasteiger partial charge in [-0.05, 0) is 24.6 Å². The number of hydrogen-bond acceptors (Lipinski definition) is 4. The summed E-state index contributed by atoms with van der Waals surface area (Å²) in [5.41, 5.74) is 1.00. The van der Waals surface area contributed by atoms with Crippen LogP contribution in [-0.4, -0.2) is 29.5 Å². The fourth-order valence-electron chi connectivity index (χ4n) is 1.84. The fraction of sp³-hybridized carbons (Fsp3) is 0.500. The van der Waals surface area contributed by atoms with Crippen molar-refractivity contribution >= 4 is 5.97 Å². The molecule has 0 aromatic carbocycles. The van der Waals surface area contributed by atoms with Gasteiger partial charge in [-0.1, -0.05) is 0 Å². The maximum Gasteiger partial charge on any atom is 0.377 e. The smallest absolute Gasteiger partial charge is 0.377 e. The lowest BCUT2D eigenvalue weighted by atomic mass is 10.1. The number of alkyl halides is 2. The van der Waals surface area contributed by atoms with Gasteiger partial charge in [-0.2, -0.15) is 8.78 Å². The van der Waals surface area contributed by atoms with Crippen LogP contribution in [0.3, 0.4) is 0 Å². The number of aromatic nitrogens is 1. The zero-order chi connectivity index (χ0) is 13.2. The number of cyclic esters (lactones) is 1. The quantitative estimate of drug-likeness (QED) is 0.833. The molecule has 1 N–H and O–H groups in total. The van der Waals surface area contributed by atoms with Crippen LogP contribution in [0, 0.1) is 0 Å². The van der Waals surface area contributed by atoms with Crippen LogP contribution in [0.25, 0.3) is 0 Å². The van der Waals surface area contributed by atoms with Gasteiger partial charge in [0.25, 0.3) is 0 Å². The van der Waals surface area contributed by atoms with Crippen molar-refractivity contribution in [2.45, 2.75) is 31.4 Å². The maximum atomic E-state index is 12.9. The van der Waals surface area contributed by atoms with E-state index in [1.165, 1.54) is 0 Å². The molecule has 2 rings (SSSR count). The van der Waals surface area contributed by atoms with Gasteiger partial charge in [0.05, 0.1) is 6.42 Å². The Morgan fingerprint density at radius 1 is 1.56 bits per heavy atom. The van der Waals surface area contributed by atoms with Crippen molar-refractivity contribution in [1.82, 2.24) is 10.3 Å². The van der Waals surface area contributed by atoms with E-state index in [4.69, 9.17) is 0 Å². The van der Waals surface area contributed by atoms with Gasteiger partial charge in [-0.25, -0.2) is 4.79 Å². The topological polar surface area (TPSA) is 51.2 Å². The highest BCUT2D eigenvalue weighted by Gasteiger charge is 2.50. The summed E-state index contributed by atoms with van der Waals surface area (Å²) in [5.74, 6) is -4.77. The van der Waals surface area contributed by atoms with Crippen molar-refractivity contribution in [3.8, 4) is 0 Å². The van der Waals surface area contributed by atoms with E-state index in [9.17, 15) is 13.6 Å². The molecule has 0 saturated carbocycles. The van der Waals surface area contributed by atoms with Crippen LogP contribution in [0.4, 0.5) is 8.78 Å². The Morgan fingerprint density at radius 3 is 2.78 bits per heavy atom. The van der Waals surface area contributed by atoms with E-state index in [1.807, 2.05) is 19.1 Å².